The van der Waals surface area contributed by atoms with Gasteiger partial charge in [-0.2, -0.15) is 0 Å². The maximum absolute atomic E-state index is 11.9. The van der Waals surface area contributed by atoms with Crippen LogP contribution in [-0.2, 0) is 19.1 Å². The van der Waals surface area contributed by atoms with E-state index in [0.29, 0.717) is 5.57 Å². The molecule has 0 fully saturated rings. The van der Waals surface area contributed by atoms with Crippen molar-refractivity contribution >= 4 is 11.9 Å². The Morgan fingerprint density at radius 1 is 1.17 bits per heavy atom. The zero-order chi connectivity index (χ0) is 13.5. The van der Waals surface area contributed by atoms with E-state index in [9.17, 15) is 9.59 Å². The first kappa shape index (κ1) is 14.2. The first-order chi connectivity index (χ1) is 8.61. The first-order valence-corrected chi connectivity index (χ1v) is 6.01. The lowest BCUT2D eigenvalue weighted by Gasteiger charge is -2.15. The Labute approximate surface area is 107 Å². The molecule has 0 aromatic carbocycles. The van der Waals surface area contributed by atoms with Gasteiger partial charge in [0, 0.05) is 0 Å². The second-order valence-electron chi connectivity index (χ2n) is 3.79. The van der Waals surface area contributed by atoms with Gasteiger partial charge in [-0.1, -0.05) is 24.3 Å². The topological polar surface area (TPSA) is 52.6 Å². The van der Waals surface area contributed by atoms with Crippen molar-refractivity contribution in [1.29, 1.82) is 0 Å². The molecular weight excluding hydrogens is 232 g/mol. The summed E-state index contributed by atoms with van der Waals surface area (Å²) in [6, 6.07) is 0. The van der Waals surface area contributed by atoms with E-state index in [4.69, 9.17) is 9.47 Å². The van der Waals surface area contributed by atoms with Crippen LogP contribution in [0.5, 0.6) is 0 Å². The fraction of sp³-hybridized carbons (Fsp3) is 0.429. The van der Waals surface area contributed by atoms with Crippen molar-refractivity contribution < 1.29 is 19.1 Å². The molecule has 0 spiro atoms. The monoisotopic (exact) mass is 250 g/mol. The summed E-state index contributed by atoms with van der Waals surface area (Å²) in [4.78, 5) is 23.8. The molecule has 0 aliphatic heterocycles. The van der Waals surface area contributed by atoms with Gasteiger partial charge in [-0.3, -0.25) is 4.79 Å². The van der Waals surface area contributed by atoms with E-state index in [1.54, 1.807) is 45.1 Å². The number of hydrogen-bond donors (Lipinski definition) is 0. The molecule has 0 amide bonds. The average Bonchev–Trinajstić information content (AvgIpc) is 2.51. The fourth-order valence-electron chi connectivity index (χ4n) is 1.73. The van der Waals surface area contributed by atoms with E-state index in [0.717, 1.165) is 5.57 Å². The van der Waals surface area contributed by atoms with Crippen LogP contribution < -0.4 is 0 Å². The van der Waals surface area contributed by atoms with Crippen LogP contribution in [0.2, 0.25) is 0 Å². The predicted molar refractivity (Wildman–Crippen MR) is 67.7 cm³/mol. The highest BCUT2D eigenvalue weighted by Crippen LogP contribution is 2.23. The summed E-state index contributed by atoms with van der Waals surface area (Å²) in [5.41, 5.74) is 1.07. The third kappa shape index (κ3) is 3.32. The third-order valence-electron chi connectivity index (χ3n) is 2.53. The lowest BCUT2D eigenvalue weighted by atomic mass is 9.95. The van der Waals surface area contributed by atoms with E-state index in [2.05, 4.69) is 0 Å². The minimum atomic E-state index is -0.695. The van der Waals surface area contributed by atoms with Gasteiger partial charge in [-0.05, 0) is 26.3 Å². The Morgan fingerprint density at radius 2 is 1.83 bits per heavy atom. The Balaban J connectivity index is 3.09. The summed E-state index contributed by atoms with van der Waals surface area (Å²) in [7, 11) is 0. The van der Waals surface area contributed by atoms with Crippen molar-refractivity contribution in [3.05, 3.63) is 35.5 Å². The number of carbonyl (C=O) groups is 2. The van der Waals surface area contributed by atoms with Gasteiger partial charge in [0.05, 0.1) is 18.8 Å². The van der Waals surface area contributed by atoms with E-state index in [1.807, 2.05) is 0 Å². The zero-order valence-electron chi connectivity index (χ0n) is 10.9. The molecule has 18 heavy (non-hydrogen) atoms. The average molecular weight is 250 g/mol. The molecule has 1 unspecified atom stereocenters. The number of carbonyl (C=O) groups excluding carboxylic acids is 2. The van der Waals surface area contributed by atoms with E-state index < -0.39 is 17.9 Å². The Morgan fingerprint density at radius 3 is 2.44 bits per heavy atom. The summed E-state index contributed by atoms with van der Waals surface area (Å²) in [5, 5.41) is 0. The molecule has 4 nitrogen and oxygen atoms in total. The number of rotatable bonds is 4. The van der Waals surface area contributed by atoms with Gasteiger partial charge in [0.25, 0.3) is 0 Å². The maximum Gasteiger partial charge on any atom is 0.335 e. The van der Waals surface area contributed by atoms with Gasteiger partial charge in [0.1, 0.15) is 5.92 Å². The molecule has 4 heteroatoms. The second-order valence-corrected chi connectivity index (χ2v) is 3.79. The minimum absolute atomic E-state index is 0.276. The molecule has 1 aliphatic carbocycles. The number of allylic oxidation sites excluding steroid dienone is 4. The van der Waals surface area contributed by atoms with Gasteiger partial charge in [-0.25, -0.2) is 4.79 Å². The molecule has 0 radical (unpaired) electrons. The lowest BCUT2D eigenvalue weighted by Crippen LogP contribution is -2.24. The van der Waals surface area contributed by atoms with Gasteiger partial charge in [0.2, 0.25) is 0 Å². The molecular formula is C14H18O4. The summed E-state index contributed by atoms with van der Waals surface area (Å²) in [6.45, 7) is 5.80. The van der Waals surface area contributed by atoms with Crippen molar-refractivity contribution in [3.8, 4) is 0 Å². The van der Waals surface area contributed by atoms with Crippen molar-refractivity contribution in [2.24, 2.45) is 5.92 Å². The second kappa shape index (κ2) is 6.79. The van der Waals surface area contributed by atoms with Gasteiger partial charge in [-0.15, -0.1) is 0 Å². The van der Waals surface area contributed by atoms with Crippen LogP contribution in [0, 0.1) is 5.92 Å². The fourth-order valence-corrected chi connectivity index (χ4v) is 1.73. The smallest absolute Gasteiger partial charge is 0.335 e. The van der Waals surface area contributed by atoms with Crippen molar-refractivity contribution in [2.45, 2.75) is 20.8 Å². The molecule has 0 saturated carbocycles. The third-order valence-corrected chi connectivity index (χ3v) is 2.53. The highest BCUT2D eigenvalue weighted by molar-refractivity contribution is 5.98. The molecule has 0 aromatic rings. The predicted octanol–water partition coefficient (Wildman–Crippen LogP) is 2.17. The molecule has 0 bridgehead atoms. The van der Waals surface area contributed by atoms with Gasteiger partial charge >= 0.3 is 11.9 Å². The Kier molecular flexibility index (Phi) is 5.36. The Hall–Kier alpha value is -1.84. The van der Waals surface area contributed by atoms with E-state index in [-0.39, 0.29) is 13.2 Å². The zero-order valence-corrected chi connectivity index (χ0v) is 10.9. The largest absolute Gasteiger partial charge is 0.465 e. The summed E-state index contributed by atoms with van der Waals surface area (Å²) in [5.74, 6) is -1.59. The summed E-state index contributed by atoms with van der Waals surface area (Å²) >= 11 is 0. The molecule has 0 aromatic heterocycles. The molecule has 0 heterocycles. The minimum Gasteiger partial charge on any atom is -0.465 e. The van der Waals surface area contributed by atoms with Crippen LogP contribution >= 0.6 is 0 Å². The maximum atomic E-state index is 11.9. The molecule has 0 N–H and O–H groups in total. The van der Waals surface area contributed by atoms with Crippen LogP contribution in [0.3, 0.4) is 0 Å². The molecule has 1 aliphatic rings. The van der Waals surface area contributed by atoms with Crippen molar-refractivity contribution in [1.82, 2.24) is 0 Å². The Bertz CT molecular complexity index is 416. The first-order valence-electron chi connectivity index (χ1n) is 6.01. The molecule has 98 valence electrons. The van der Waals surface area contributed by atoms with Crippen molar-refractivity contribution in [2.75, 3.05) is 13.2 Å². The highest BCUT2D eigenvalue weighted by Gasteiger charge is 2.29. The van der Waals surface area contributed by atoms with Gasteiger partial charge in [0.15, 0.2) is 0 Å². The van der Waals surface area contributed by atoms with Gasteiger partial charge < -0.3 is 9.47 Å². The SMILES string of the molecule is CCOC(=O)C1=C(C)C=CC=CC1C(=O)OCC. The molecule has 1 rings (SSSR count). The number of esters is 2. The quantitative estimate of drug-likeness (QED) is 0.717. The van der Waals surface area contributed by atoms with Crippen LogP contribution in [0.4, 0.5) is 0 Å². The molecule has 0 saturated heterocycles. The van der Waals surface area contributed by atoms with E-state index >= 15 is 0 Å². The van der Waals surface area contributed by atoms with Crippen LogP contribution in [0.25, 0.3) is 0 Å². The lowest BCUT2D eigenvalue weighted by molar-refractivity contribution is -0.148. The van der Waals surface area contributed by atoms with Crippen molar-refractivity contribution in [3.63, 3.8) is 0 Å². The highest BCUT2D eigenvalue weighted by atomic mass is 16.5. The standard InChI is InChI=1S/C14H18O4/c1-4-17-13(15)11-9-7-6-8-10(3)12(11)14(16)18-5-2/h6-9,11H,4-5H2,1-3H3. The normalized spacial score (nSPS) is 18.5. The number of hydrogen-bond acceptors (Lipinski definition) is 4. The van der Waals surface area contributed by atoms with Crippen LogP contribution in [0.1, 0.15) is 20.8 Å². The summed E-state index contributed by atoms with van der Waals surface area (Å²) in [6.07, 6.45) is 6.95. The van der Waals surface area contributed by atoms with Crippen LogP contribution in [-0.4, -0.2) is 25.2 Å². The summed E-state index contributed by atoms with van der Waals surface area (Å²) < 4.78 is 9.98. The van der Waals surface area contributed by atoms with E-state index in [1.165, 1.54) is 0 Å². The molecule has 1 atom stereocenters. The van der Waals surface area contributed by atoms with Crippen LogP contribution in [0.15, 0.2) is 35.5 Å². The number of ether oxygens (including phenoxy) is 2.